The minimum absolute atomic E-state index is 0. The zero-order valence-electron chi connectivity index (χ0n) is 8.62. The Morgan fingerprint density at radius 2 is 1.86 bits per heavy atom. The SMILES string of the molecule is COC(=O)C(N)C1(OC)CCCC1.Cl. The molecule has 0 amide bonds. The molecule has 0 aromatic carbocycles. The first-order chi connectivity index (χ1) is 6.16. The molecular formula is C9H18ClNO3. The molecule has 1 aliphatic rings. The number of carbonyl (C=O) groups excluding carboxylic acids is 1. The lowest BCUT2D eigenvalue weighted by atomic mass is 9.93. The summed E-state index contributed by atoms with van der Waals surface area (Å²) in [6, 6.07) is -0.648. The van der Waals surface area contributed by atoms with E-state index in [2.05, 4.69) is 4.74 Å². The Morgan fingerprint density at radius 1 is 1.36 bits per heavy atom. The molecule has 1 atom stereocenters. The van der Waals surface area contributed by atoms with E-state index in [1.807, 2.05) is 0 Å². The van der Waals surface area contributed by atoms with Gasteiger partial charge in [0.05, 0.1) is 12.7 Å². The molecule has 0 heterocycles. The molecule has 0 saturated heterocycles. The van der Waals surface area contributed by atoms with Gasteiger partial charge in [-0.25, -0.2) is 0 Å². The van der Waals surface area contributed by atoms with E-state index in [0.717, 1.165) is 25.7 Å². The summed E-state index contributed by atoms with van der Waals surface area (Å²) in [4.78, 5) is 11.2. The van der Waals surface area contributed by atoms with Crippen LogP contribution in [-0.2, 0) is 14.3 Å². The average Bonchev–Trinajstić information content (AvgIpc) is 2.65. The van der Waals surface area contributed by atoms with Gasteiger partial charge in [-0.05, 0) is 12.8 Å². The molecule has 0 aliphatic heterocycles. The van der Waals surface area contributed by atoms with Crippen molar-refractivity contribution < 1.29 is 14.3 Å². The fourth-order valence-electron chi connectivity index (χ4n) is 1.96. The van der Waals surface area contributed by atoms with E-state index >= 15 is 0 Å². The summed E-state index contributed by atoms with van der Waals surface area (Å²) in [6.07, 6.45) is 3.83. The Bertz CT molecular complexity index is 192. The molecule has 0 aromatic heterocycles. The third-order valence-electron chi connectivity index (χ3n) is 2.88. The third kappa shape index (κ3) is 2.38. The van der Waals surface area contributed by atoms with Crippen LogP contribution in [0.4, 0.5) is 0 Å². The van der Waals surface area contributed by atoms with Crippen molar-refractivity contribution in [3.05, 3.63) is 0 Å². The van der Waals surface area contributed by atoms with Gasteiger partial charge in [-0.3, -0.25) is 4.79 Å². The Hall–Kier alpha value is -0.320. The van der Waals surface area contributed by atoms with E-state index < -0.39 is 11.6 Å². The van der Waals surface area contributed by atoms with Crippen molar-refractivity contribution in [3.63, 3.8) is 0 Å². The summed E-state index contributed by atoms with van der Waals surface area (Å²) in [5.41, 5.74) is 5.30. The quantitative estimate of drug-likeness (QED) is 0.722. The number of esters is 1. The molecule has 1 fully saturated rings. The smallest absolute Gasteiger partial charge is 0.325 e. The number of hydrogen-bond acceptors (Lipinski definition) is 4. The number of ether oxygens (including phenoxy) is 2. The van der Waals surface area contributed by atoms with Crippen molar-refractivity contribution >= 4 is 18.4 Å². The van der Waals surface area contributed by atoms with Crippen molar-refractivity contribution in [2.24, 2.45) is 5.73 Å². The number of nitrogens with two attached hydrogens (primary N) is 1. The molecular weight excluding hydrogens is 206 g/mol. The van der Waals surface area contributed by atoms with Gasteiger partial charge in [0.15, 0.2) is 0 Å². The molecule has 2 N–H and O–H groups in total. The molecule has 0 bridgehead atoms. The number of methoxy groups -OCH3 is 2. The first-order valence-corrected chi connectivity index (χ1v) is 4.55. The molecule has 0 radical (unpaired) electrons. The van der Waals surface area contributed by atoms with Crippen LogP contribution in [-0.4, -0.2) is 31.8 Å². The van der Waals surface area contributed by atoms with Gasteiger partial charge in [0, 0.05) is 7.11 Å². The van der Waals surface area contributed by atoms with Crippen LogP contribution < -0.4 is 5.73 Å². The first-order valence-electron chi connectivity index (χ1n) is 4.55. The van der Waals surface area contributed by atoms with E-state index in [1.165, 1.54) is 7.11 Å². The Balaban J connectivity index is 0.00000169. The van der Waals surface area contributed by atoms with Crippen LogP contribution in [0, 0.1) is 0 Å². The van der Waals surface area contributed by atoms with Gasteiger partial charge in [-0.15, -0.1) is 12.4 Å². The Kier molecular flexibility index (Phi) is 5.41. The molecule has 0 aromatic rings. The number of rotatable bonds is 3. The highest BCUT2D eigenvalue weighted by molar-refractivity contribution is 5.85. The maximum Gasteiger partial charge on any atom is 0.325 e. The summed E-state index contributed by atoms with van der Waals surface area (Å²) in [5, 5.41) is 0. The van der Waals surface area contributed by atoms with Gasteiger partial charge >= 0.3 is 5.97 Å². The van der Waals surface area contributed by atoms with Gasteiger partial charge < -0.3 is 15.2 Å². The van der Waals surface area contributed by atoms with Gasteiger partial charge in [-0.2, -0.15) is 0 Å². The lowest BCUT2D eigenvalue weighted by molar-refractivity contribution is -0.150. The normalized spacial score (nSPS) is 21.1. The van der Waals surface area contributed by atoms with Gasteiger partial charge in [0.2, 0.25) is 0 Å². The van der Waals surface area contributed by atoms with Crippen molar-refractivity contribution in [1.29, 1.82) is 0 Å². The highest BCUT2D eigenvalue weighted by Gasteiger charge is 2.43. The standard InChI is InChI=1S/C9H17NO3.ClH/c1-12-8(11)7(10)9(13-2)5-3-4-6-9;/h7H,3-6,10H2,1-2H3;1H. The summed E-state index contributed by atoms with van der Waals surface area (Å²) in [7, 11) is 2.95. The van der Waals surface area contributed by atoms with Crippen LogP contribution >= 0.6 is 12.4 Å². The minimum Gasteiger partial charge on any atom is -0.468 e. The zero-order valence-corrected chi connectivity index (χ0v) is 9.43. The molecule has 14 heavy (non-hydrogen) atoms. The van der Waals surface area contributed by atoms with E-state index in [9.17, 15) is 4.79 Å². The molecule has 84 valence electrons. The summed E-state index contributed by atoms with van der Waals surface area (Å²) in [6.45, 7) is 0. The van der Waals surface area contributed by atoms with Crippen LogP contribution in [0.1, 0.15) is 25.7 Å². The summed E-state index contributed by atoms with van der Waals surface area (Å²) in [5.74, 6) is -0.385. The summed E-state index contributed by atoms with van der Waals surface area (Å²) >= 11 is 0. The third-order valence-corrected chi connectivity index (χ3v) is 2.88. The van der Waals surface area contributed by atoms with Crippen molar-refractivity contribution in [3.8, 4) is 0 Å². The predicted molar refractivity (Wildman–Crippen MR) is 55.4 cm³/mol. The van der Waals surface area contributed by atoms with Crippen LogP contribution in [0.5, 0.6) is 0 Å². The molecule has 0 spiro atoms. The second kappa shape index (κ2) is 5.53. The fourth-order valence-corrected chi connectivity index (χ4v) is 1.96. The molecule has 1 unspecified atom stereocenters. The van der Waals surface area contributed by atoms with E-state index in [1.54, 1.807) is 7.11 Å². The second-order valence-corrected chi connectivity index (χ2v) is 3.48. The lowest BCUT2D eigenvalue weighted by Crippen LogP contribution is -2.52. The van der Waals surface area contributed by atoms with Crippen molar-refractivity contribution in [2.45, 2.75) is 37.3 Å². The van der Waals surface area contributed by atoms with Gasteiger partial charge in [0.1, 0.15) is 6.04 Å². The average molecular weight is 224 g/mol. The van der Waals surface area contributed by atoms with Crippen LogP contribution in [0.15, 0.2) is 0 Å². The van der Waals surface area contributed by atoms with Crippen molar-refractivity contribution in [1.82, 2.24) is 0 Å². The summed E-state index contributed by atoms with van der Waals surface area (Å²) < 4.78 is 9.97. The van der Waals surface area contributed by atoms with E-state index in [0.29, 0.717) is 0 Å². The predicted octanol–water partition coefficient (Wildman–Crippen LogP) is 0.868. The maximum atomic E-state index is 11.2. The zero-order chi connectivity index (χ0) is 9.90. The van der Waals surface area contributed by atoms with Gasteiger partial charge in [-0.1, -0.05) is 12.8 Å². The van der Waals surface area contributed by atoms with Crippen LogP contribution in [0.2, 0.25) is 0 Å². The lowest BCUT2D eigenvalue weighted by Gasteiger charge is -2.31. The largest absolute Gasteiger partial charge is 0.468 e. The maximum absolute atomic E-state index is 11.2. The molecule has 5 heteroatoms. The minimum atomic E-state index is -0.648. The molecule has 1 saturated carbocycles. The fraction of sp³-hybridized carbons (Fsp3) is 0.889. The molecule has 1 rings (SSSR count). The van der Waals surface area contributed by atoms with Crippen LogP contribution in [0.3, 0.4) is 0 Å². The number of carbonyl (C=O) groups is 1. The van der Waals surface area contributed by atoms with E-state index in [-0.39, 0.29) is 18.4 Å². The molecule has 1 aliphatic carbocycles. The first kappa shape index (κ1) is 13.7. The monoisotopic (exact) mass is 223 g/mol. The molecule has 4 nitrogen and oxygen atoms in total. The van der Waals surface area contributed by atoms with Gasteiger partial charge in [0.25, 0.3) is 0 Å². The second-order valence-electron chi connectivity index (χ2n) is 3.48. The highest BCUT2D eigenvalue weighted by Crippen LogP contribution is 2.35. The van der Waals surface area contributed by atoms with Crippen LogP contribution in [0.25, 0.3) is 0 Å². The highest BCUT2D eigenvalue weighted by atomic mass is 35.5. The number of hydrogen-bond donors (Lipinski definition) is 1. The number of halogens is 1. The Morgan fingerprint density at radius 3 is 2.21 bits per heavy atom. The topological polar surface area (TPSA) is 61.5 Å². The van der Waals surface area contributed by atoms with E-state index in [4.69, 9.17) is 10.5 Å². The Labute approximate surface area is 90.5 Å². The van der Waals surface area contributed by atoms with Crippen molar-refractivity contribution in [2.75, 3.05) is 14.2 Å².